The first-order valence-corrected chi connectivity index (χ1v) is 8.83. The standard InChI is InChI=1S/C21H21N5O2/c1-16(27)25-20-9-6-17(7-10-20)8-11-21(28)23-12-18-4-2-3-5-19(18)13-26-15-22-14-24-26/h2-11,14-15H,12-13H2,1H3,(H,23,28)(H,25,27)/b11-8+. The van der Waals surface area contributed by atoms with Gasteiger partial charge in [-0.1, -0.05) is 36.4 Å². The van der Waals surface area contributed by atoms with Gasteiger partial charge in [-0.2, -0.15) is 5.10 Å². The van der Waals surface area contributed by atoms with E-state index in [1.807, 2.05) is 36.4 Å². The van der Waals surface area contributed by atoms with Crippen LogP contribution < -0.4 is 10.6 Å². The van der Waals surface area contributed by atoms with Crippen molar-refractivity contribution in [2.45, 2.75) is 20.0 Å². The van der Waals surface area contributed by atoms with Crippen molar-refractivity contribution in [3.63, 3.8) is 0 Å². The SMILES string of the molecule is CC(=O)Nc1ccc(/C=C/C(=O)NCc2ccccc2Cn2cncn2)cc1. The van der Waals surface area contributed by atoms with Crippen molar-refractivity contribution in [1.29, 1.82) is 0 Å². The van der Waals surface area contributed by atoms with Gasteiger partial charge in [0, 0.05) is 25.2 Å². The molecule has 28 heavy (non-hydrogen) atoms. The van der Waals surface area contributed by atoms with Crippen LogP contribution in [0.1, 0.15) is 23.6 Å². The summed E-state index contributed by atoms with van der Waals surface area (Å²) in [4.78, 5) is 27.1. The van der Waals surface area contributed by atoms with Crippen LogP contribution in [0.15, 0.2) is 67.3 Å². The van der Waals surface area contributed by atoms with Gasteiger partial charge in [0.2, 0.25) is 11.8 Å². The Labute approximate surface area is 163 Å². The molecule has 0 fully saturated rings. The van der Waals surface area contributed by atoms with Crippen LogP contribution in [0.5, 0.6) is 0 Å². The maximum absolute atomic E-state index is 12.1. The van der Waals surface area contributed by atoms with Gasteiger partial charge in [-0.25, -0.2) is 9.67 Å². The van der Waals surface area contributed by atoms with Crippen LogP contribution in [0.3, 0.4) is 0 Å². The van der Waals surface area contributed by atoms with Gasteiger partial charge in [0.25, 0.3) is 0 Å². The molecule has 1 aromatic heterocycles. The molecule has 2 aromatic carbocycles. The average molecular weight is 375 g/mol. The van der Waals surface area contributed by atoms with Gasteiger partial charge in [0.05, 0.1) is 6.54 Å². The second kappa shape index (κ2) is 9.27. The number of benzene rings is 2. The molecule has 1 heterocycles. The normalized spacial score (nSPS) is 10.8. The fourth-order valence-corrected chi connectivity index (χ4v) is 2.67. The quantitative estimate of drug-likeness (QED) is 0.621. The molecular formula is C21H21N5O2. The fraction of sp³-hybridized carbons (Fsp3) is 0.143. The van der Waals surface area contributed by atoms with E-state index in [2.05, 4.69) is 20.7 Å². The van der Waals surface area contributed by atoms with Gasteiger partial charge < -0.3 is 10.6 Å². The van der Waals surface area contributed by atoms with E-state index in [0.29, 0.717) is 13.1 Å². The van der Waals surface area contributed by atoms with Crippen LogP contribution in [0.25, 0.3) is 6.08 Å². The van der Waals surface area contributed by atoms with Crippen LogP contribution in [0.4, 0.5) is 5.69 Å². The molecule has 0 saturated carbocycles. The zero-order chi connectivity index (χ0) is 19.8. The molecule has 0 aliphatic rings. The van der Waals surface area contributed by atoms with Crippen molar-refractivity contribution in [1.82, 2.24) is 20.1 Å². The Kier molecular flexibility index (Phi) is 6.30. The number of rotatable bonds is 7. The van der Waals surface area contributed by atoms with Crippen molar-refractivity contribution in [2.75, 3.05) is 5.32 Å². The number of anilines is 1. The molecule has 0 radical (unpaired) electrons. The van der Waals surface area contributed by atoms with Gasteiger partial charge in [-0.15, -0.1) is 0 Å². The average Bonchev–Trinajstić information content (AvgIpc) is 3.19. The monoisotopic (exact) mass is 375 g/mol. The molecule has 3 aromatic rings. The Morgan fingerprint density at radius 1 is 1.07 bits per heavy atom. The molecule has 3 rings (SSSR count). The summed E-state index contributed by atoms with van der Waals surface area (Å²) in [6, 6.07) is 15.2. The van der Waals surface area contributed by atoms with Crippen LogP contribution in [0.2, 0.25) is 0 Å². The zero-order valence-electron chi connectivity index (χ0n) is 15.5. The predicted molar refractivity (Wildman–Crippen MR) is 107 cm³/mol. The largest absolute Gasteiger partial charge is 0.348 e. The molecule has 0 atom stereocenters. The molecule has 7 heteroatoms. The molecule has 0 aliphatic carbocycles. The number of amides is 2. The third-order valence-electron chi connectivity index (χ3n) is 4.03. The summed E-state index contributed by atoms with van der Waals surface area (Å²) in [6.45, 7) is 2.49. The Morgan fingerprint density at radius 2 is 1.82 bits per heavy atom. The minimum Gasteiger partial charge on any atom is -0.348 e. The highest BCUT2D eigenvalue weighted by Crippen LogP contribution is 2.12. The van der Waals surface area contributed by atoms with Gasteiger partial charge in [-0.05, 0) is 34.9 Å². The third-order valence-corrected chi connectivity index (χ3v) is 4.03. The number of aromatic nitrogens is 3. The third kappa shape index (κ3) is 5.63. The van der Waals surface area contributed by atoms with Crippen LogP contribution in [-0.4, -0.2) is 26.6 Å². The van der Waals surface area contributed by atoms with Crippen molar-refractivity contribution < 1.29 is 9.59 Å². The molecule has 2 N–H and O–H groups in total. The number of carbonyl (C=O) groups excluding carboxylic acids is 2. The maximum Gasteiger partial charge on any atom is 0.244 e. The number of nitrogens with zero attached hydrogens (tertiary/aromatic N) is 3. The number of nitrogens with one attached hydrogen (secondary N) is 2. The minimum absolute atomic E-state index is 0.119. The second-order valence-electron chi connectivity index (χ2n) is 6.22. The summed E-state index contributed by atoms with van der Waals surface area (Å²) in [5.74, 6) is -0.298. The molecule has 7 nitrogen and oxygen atoms in total. The molecule has 0 aliphatic heterocycles. The van der Waals surface area contributed by atoms with E-state index in [1.165, 1.54) is 19.3 Å². The molecule has 0 bridgehead atoms. The summed E-state index contributed by atoms with van der Waals surface area (Å²) in [5, 5.41) is 9.72. The van der Waals surface area contributed by atoms with Crippen molar-refractivity contribution in [3.8, 4) is 0 Å². The van der Waals surface area contributed by atoms with E-state index < -0.39 is 0 Å². The van der Waals surface area contributed by atoms with Crippen LogP contribution in [0, 0.1) is 0 Å². The highest BCUT2D eigenvalue weighted by molar-refractivity contribution is 5.92. The molecule has 2 amide bonds. The summed E-state index contributed by atoms with van der Waals surface area (Å²) < 4.78 is 1.74. The number of hydrogen-bond acceptors (Lipinski definition) is 4. The highest BCUT2D eigenvalue weighted by Gasteiger charge is 2.04. The summed E-state index contributed by atoms with van der Waals surface area (Å²) in [7, 11) is 0. The molecule has 0 saturated heterocycles. The summed E-state index contributed by atoms with van der Waals surface area (Å²) >= 11 is 0. The second-order valence-corrected chi connectivity index (χ2v) is 6.22. The van der Waals surface area contributed by atoms with Crippen molar-refractivity contribution >= 4 is 23.6 Å². The molecular weight excluding hydrogens is 354 g/mol. The zero-order valence-corrected chi connectivity index (χ0v) is 15.5. The fourth-order valence-electron chi connectivity index (χ4n) is 2.67. The van der Waals surface area contributed by atoms with Crippen LogP contribution >= 0.6 is 0 Å². The maximum atomic E-state index is 12.1. The first-order valence-electron chi connectivity index (χ1n) is 8.83. The van der Waals surface area contributed by atoms with E-state index in [9.17, 15) is 9.59 Å². The lowest BCUT2D eigenvalue weighted by Gasteiger charge is -2.09. The van der Waals surface area contributed by atoms with E-state index in [0.717, 1.165) is 22.4 Å². The Morgan fingerprint density at radius 3 is 2.50 bits per heavy atom. The highest BCUT2D eigenvalue weighted by atomic mass is 16.2. The van der Waals surface area contributed by atoms with E-state index in [1.54, 1.807) is 29.2 Å². The first kappa shape index (κ1) is 19.0. The topological polar surface area (TPSA) is 88.9 Å². The summed E-state index contributed by atoms with van der Waals surface area (Å²) in [6.07, 6.45) is 6.38. The predicted octanol–water partition coefficient (Wildman–Crippen LogP) is 2.61. The smallest absolute Gasteiger partial charge is 0.244 e. The number of hydrogen-bond donors (Lipinski definition) is 2. The van der Waals surface area contributed by atoms with Crippen molar-refractivity contribution in [2.24, 2.45) is 0 Å². The van der Waals surface area contributed by atoms with Gasteiger partial charge >= 0.3 is 0 Å². The van der Waals surface area contributed by atoms with E-state index in [-0.39, 0.29) is 11.8 Å². The Hall–Kier alpha value is -3.74. The van der Waals surface area contributed by atoms with E-state index >= 15 is 0 Å². The minimum atomic E-state index is -0.179. The van der Waals surface area contributed by atoms with Gasteiger partial charge in [-0.3, -0.25) is 9.59 Å². The lowest BCUT2D eigenvalue weighted by Crippen LogP contribution is -2.21. The first-order chi connectivity index (χ1) is 13.6. The van der Waals surface area contributed by atoms with Gasteiger partial charge in [0.1, 0.15) is 12.7 Å². The Balaban J connectivity index is 1.56. The molecule has 0 spiro atoms. The molecule has 142 valence electrons. The van der Waals surface area contributed by atoms with E-state index in [4.69, 9.17) is 0 Å². The summed E-state index contributed by atoms with van der Waals surface area (Å²) in [5.41, 5.74) is 3.69. The van der Waals surface area contributed by atoms with Gasteiger partial charge in [0.15, 0.2) is 0 Å². The molecule has 0 unspecified atom stereocenters. The lowest BCUT2D eigenvalue weighted by atomic mass is 10.1. The lowest BCUT2D eigenvalue weighted by molar-refractivity contribution is -0.116. The van der Waals surface area contributed by atoms with Crippen molar-refractivity contribution in [3.05, 3.63) is 84.0 Å². The number of carbonyl (C=O) groups is 2. The van der Waals surface area contributed by atoms with Crippen LogP contribution in [-0.2, 0) is 22.7 Å². The Bertz CT molecular complexity index is 963.